The van der Waals surface area contributed by atoms with Crippen LogP contribution in [-0.4, -0.2) is 42.0 Å². The molecule has 0 atom stereocenters. The van der Waals surface area contributed by atoms with Crippen molar-refractivity contribution >= 4 is 40.8 Å². The number of halogens is 4. The second-order valence-electron chi connectivity index (χ2n) is 5.89. The number of amides is 2. The van der Waals surface area contributed by atoms with Gasteiger partial charge in [0.05, 0.1) is 26.8 Å². The number of esters is 1. The molecule has 0 aliphatic heterocycles. The van der Waals surface area contributed by atoms with Crippen molar-refractivity contribution < 1.29 is 37.2 Å². The predicted molar refractivity (Wildman–Crippen MR) is 102 cm³/mol. The molecule has 0 unspecified atom stereocenters. The summed E-state index contributed by atoms with van der Waals surface area (Å²) in [6, 6.07) is 8.66. The van der Waals surface area contributed by atoms with Gasteiger partial charge in [0.2, 0.25) is 0 Å². The van der Waals surface area contributed by atoms with E-state index in [-0.39, 0.29) is 27.5 Å². The highest BCUT2D eigenvalue weighted by molar-refractivity contribution is 6.34. The third-order valence-corrected chi connectivity index (χ3v) is 3.94. The number of anilines is 1. The van der Waals surface area contributed by atoms with Gasteiger partial charge in [0.1, 0.15) is 6.54 Å². The van der Waals surface area contributed by atoms with Gasteiger partial charge in [-0.1, -0.05) is 23.7 Å². The van der Waals surface area contributed by atoms with Gasteiger partial charge in [-0.05, 0) is 18.2 Å². The maximum absolute atomic E-state index is 12.4. The lowest BCUT2D eigenvalue weighted by atomic mass is 10.1. The Morgan fingerprint density at radius 1 is 1.10 bits per heavy atom. The number of nitrogens with one attached hydrogen (secondary N) is 2. The van der Waals surface area contributed by atoms with Crippen LogP contribution in [0.15, 0.2) is 42.5 Å². The van der Waals surface area contributed by atoms with Crippen molar-refractivity contribution in [3.63, 3.8) is 0 Å². The van der Waals surface area contributed by atoms with Crippen LogP contribution in [0, 0.1) is 10.1 Å². The molecular weight excluding hydrogens is 447 g/mol. The monoisotopic (exact) mass is 459 g/mol. The van der Waals surface area contributed by atoms with Crippen LogP contribution in [0.2, 0.25) is 5.02 Å². The van der Waals surface area contributed by atoms with E-state index in [1.807, 2.05) is 0 Å². The second kappa shape index (κ2) is 9.89. The molecule has 0 aromatic heterocycles. The van der Waals surface area contributed by atoms with Crippen LogP contribution in [0.4, 0.5) is 24.5 Å². The van der Waals surface area contributed by atoms with Gasteiger partial charge >= 0.3 is 12.1 Å². The number of ether oxygens (including phenoxy) is 1. The van der Waals surface area contributed by atoms with Gasteiger partial charge < -0.3 is 15.4 Å². The Kier molecular flexibility index (Phi) is 7.53. The molecule has 0 radical (unpaired) electrons. The van der Waals surface area contributed by atoms with Crippen LogP contribution >= 0.6 is 11.6 Å². The molecule has 0 saturated carbocycles. The number of alkyl halides is 3. The third kappa shape index (κ3) is 6.96. The van der Waals surface area contributed by atoms with Gasteiger partial charge in [0.25, 0.3) is 17.5 Å². The predicted octanol–water partition coefficient (Wildman–Crippen LogP) is 3.34. The molecule has 2 aromatic rings. The van der Waals surface area contributed by atoms with Crippen molar-refractivity contribution in [2.24, 2.45) is 0 Å². The van der Waals surface area contributed by atoms with Gasteiger partial charge in [-0.2, -0.15) is 13.2 Å². The molecule has 0 saturated heterocycles. The van der Waals surface area contributed by atoms with E-state index in [0.29, 0.717) is 0 Å². The summed E-state index contributed by atoms with van der Waals surface area (Å²) in [5.74, 6) is -3.03. The molecule has 9 nitrogen and oxygen atoms in total. The maximum Gasteiger partial charge on any atom is 0.405 e. The van der Waals surface area contributed by atoms with E-state index in [1.54, 1.807) is 5.32 Å². The van der Waals surface area contributed by atoms with Crippen LogP contribution < -0.4 is 10.6 Å². The SMILES string of the molecule is O=C(COC(=O)c1ccccc1NC(=O)c1ccc([N+](=O)[O-])cc1Cl)NCC(F)(F)F. The first kappa shape index (κ1) is 23.6. The quantitative estimate of drug-likeness (QED) is 0.371. The highest BCUT2D eigenvalue weighted by Crippen LogP contribution is 2.24. The van der Waals surface area contributed by atoms with Gasteiger partial charge in [-0.25, -0.2) is 4.79 Å². The van der Waals surface area contributed by atoms with Crippen molar-refractivity contribution in [2.75, 3.05) is 18.5 Å². The summed E-state index contributed by atoms with van der Waals surface area (Å²) in [6.45, 7) is -2.54. The van der Waals surface area contributed by atoms with Gasteiger partial charge in [-0.3, -0.25) is 19.7 Å². The van der Waals surface area contributed by atoms with Crippen LogP contribution in [0.3, 0.4) is 0 Å². The summed E-state index contributed by atoms with van der Waals surface area (Å²) in [6.07, 6.45) is -4.62. The first-order valence-corrected chi connectivity index (χ1v) is 8.70. The molecule has 0 aliphatic rings. The van der Waals surface area contributed by atoms with Gasteiger partial charge in [-0.15, -0.1) is 0 Å². The molecule has 0 fully saturated rings. The van der Waals surface area contributed by atoms with Crippen molar-refractivity contribution in [3.05, 3.63) is 68.7 Å². The van der Waals surface area contributed by atoms with Gasteiger partial charge in [0.15, 0.2) is 6.61 Å². The summed E-state index contributed by atoms with van der Waals surface area (Å²) in [4.78, 5) is 46.1. The van der Waals surface area contributed by atoms with E-state index < -0.39 is 42.0 Å². The number of carbonyl (C=O) groups excluding carboxylic acids is 3. The Bertz CT molecular complexity index is 1030. The van der Waals surface area contributed by atoms with Crippen LogP contribution in [0.5, 0.6) is 0 Å². The second-order valence-corrected chi connectivity index (χ2v) is 6.30. The Labute approximate surface area is 177 Å². The molecule has 0 aliphatic carbocycles. The molecule has 2 amide bonds. The van der Waals surface area contributed by atoms with E-state index in [2.05, 4.69) is 10.1 Å². The highest BCUT2D eigenvalue weighted by Gasteiger charge is 2.28. The van der Waals surface area contributed by atoms with Crippen molar-refractivity contribution in [1.82, 2.24) is 5.32 Å². The fourth-order valence-corrected chi connectivity index (χ4v) is 2.48. The molecule has 13 heteroatoms. The third-order valence-electron chi connectivity index (χ3n) is 3.62. The van der Waals surface area contributed by atoms with E-state index in [0.717, 1.165) is 18.2 Å². The van der Waals surface area contributed by atoms with E-state index >= 15 is 0 Å². The number of rotatable bonds is 7. The summed E-state index contributed by atoms with van der Waals surface area (Å²) in [7, 11) is 0. The average molecular weight is 460 g/mol. The molecule has 0 spiro atoms. The zero-order chi connectivity index (χ0) is 23.2. The normalized spacial score (nSPS) is 10.8. The topological polar surface area (TPSA) is 128 Å². The number of nitrogens with zero attached hydrogens (tertiary/aromatic N) is 1. The minimum Gasteiger partial charge on any atom is -0.452 e. The number of nitro benzene ring substituents is 1. The molecule has 0 bridgehead atoms. The fourth-order valence-electron chi connectivity index (χ4n) is 2.22. The van der Waals surface area contributed by atoms with Gasteiger partial charge in [0, 0.05) is 12.1 Å². The first-order valence-electron chi connectivity index (χ1n) is 8.33. The Balaban J connectivity index is 2.08. The fraction of sp³-hybridized carbons (Fsp3) is 0.167. The Morgan fingerprint density at radius 3 is 2.39 bits per heavy atom. The minimum absolute atomic E-state index is 0.0392. The largest absolute Gasteiger partial charge is 0.452 e. The van der Waals surface area contributed by atoms with Crippen molar-refractivity contribution in [1.29, 1.82) is 0 Å². The molecule has 2 rings (SSSR count). The van der Waals surface area contributed by atoms with E-state index in [9.17, 15) is 37.7 Å². The highest BCUT2D eigenvalue weighted by atomic mass is 35.5. The van der Waals surface area contributed by atoms with Crippen LogP contribution in [0.25, 0.3) is 0 Å². The minimum atomic E-state index is -4.62. The van der Waals surface area contributed by atoms with Crippen LogP contribution in [0.1, 0.15) is 20.7 Å². The summed E-state index contributed by atoms with van der Waals surface area (Å²) < 4.78 is 40.9. The number of nitro groups is 1. The van der Waals surface area contributed by atoms with Crippen LogP contribution in [-0.2, 0) is 9.53 Å². The lowest BCUT2D eigenvalue weighted by molar-refractivity contribution is -0.384. The molecule has 31 heavy (non-hydrogen) atoms. The standard InChI is InChI=1S/C18H13ClF3N3O6/c19-13-7-10(25(29)30)5-6-11(13)16(27)24-14-4-2-1-3-12(14)17(28)31-8-15(26)23-9-18(20,21)22/h1-7H,8-9H2,(H,23,26)(H,24,27). The number of para-hydroxylation sites is 1. The number of hydrogen-bond acceptors (Lipinski definition) is 6. The lowest BCUT2D eigenvalue weighted by Gasteiger charge is -2.12. The molecule has 2 aromatic carbocycles. The lowest BCUT2D eigenvalue weighted by Crippen LogP contribution is -2.36. The zero-order valence-corrected chi connectivity index (χ0v) is 16.1. The van der Waals surface area contributed by atoms with E-state index in [4.69, 9.17) is 11.6 Å². The van der Waals surface area contributed by atoms with E-state index in [1.165, 1.54) is 24.3 Å². The number of carbonyl (C=O) groups is 3. The molecule has 0 heterocycles. The Morgan fingerprint density at radius 2 is 1.77 bits per heavy atom. The first-order chi connectivity index (χ1) is 14.5. The molecule has 2 N–H and O–H groups in total. The average Bonchev–Trinajstić information content (AvgIpc) is 2.70. The van der Waals surface area contributed by atoms with Crippen molar-refractivity contribution in [3.8, 4) is 0 Å². The summed E-state index contributed by atoms with van der Waals surface area (Å²) in [5.41, 5.74) is -0.656. The Hall–Kier alpha value is -3.67. The number of non-ortho nitro benzene ring substituents is 1. The number of hydrogen-bond donors (Lipinski definition) is 2. The molecule has 164 valence electrons. The number of benzene rings is 2. The van der Waals surface area contributed by atoms with Crippen molar-refractivity contribution in [2.45, 2.75) is 6.18 Å². The summed E-state index contributed by atoms with van der Waals surface area (Å²) in [5, 5.41) is 14.5. The maximum atomic E-state index is 12.4. The summed E-state index contributed by atoms with van der Waals surface area (Å²) >= 11 is 5.90. The molecular formula is C18H13ClF3N3O6. The smallest absolute Gasteiger partial charge is 0.405 e. The zero-order valence-electron chi connectivity index (χ0n) is 15.4.